The van der Waals surface area contributed by atoms with Crippen LogP contribution < -0.4 is 0 Å². The Morgan fingerprint density at radius 3 is 2.50 bits per heavy atom. The summed E-state index contributed by atoms with van der Waals surface area (Å²) in [7, 11) is 1.85. The number of nitrogens with zero attached hydrogens (tertiary/aromatic N) is 1. The molecule has 84 valence electrons. The maximum atomic E-state index is 11.5. The molecule has 0 radical (unpaired) electrons. The number of aliphatic hydroxyl groups excluding tert-OH is 1. The van der Waals surface area contributed by atoms with E-state index >= 15 is 0 Å². The molecule has 0 unspecified atom stereocenters. The molecule has 0 atom stereocenters. The number of hydrogen-bond donors (Lipinski definition) is 1. The van der Waals surface area contributed by atoms with Gasteiger partial charge < -0.3 is 10.0 Å². The topological polar surface area (TPSA) is 40.5 Å². The van der Waals surface area contributed by atoms with Crippen LogP contribution in [0.5, 0.6) is 0 Å². The van der Waals surface area contributed by atoms with E-state index in [1.807, 2.05) is 7.05 Å². The third-order valence-corrected chi connectivity index (χ3v) is 2.27. The maximum absolute atomic E-state index is 11.5. The molecule has 0 saturated heterocycles. The van der Waals surface area contributed by atoms with Gasteiger partial charge in [-0.2, -0.15) is 0 Å². The summed E-state index contributed by atoms with van der Waals surface area (Å²) in [6.45, 7) is 5.34. The van der Waals surface area contributed by atoms with Crippen LogP contribution in [0, 0.1) is 5.92 Å². The summed E-state index contributed by atoms with van der Waals surface area (Å²) in [4.78, 5) is 13.3. The Balaban J connectivity index is 3.54. The zero-order valence-electron chi connectivity index (χ0n) is 9.62. The van der Waals surface area contributed by atoms with Crippen LogP contribution in [0.4, 0.5) is 0 Å². The van der Waals surface area contributed by atoms with Crippen LogP contribution in [0.1, 0.15) is 39.5 Å². The van der Waals surface area contributed by atoms with Crippen LogP contribution in [0.2, 0.25) is 0 Å². The summed E-state index contributed by atoms with van der Waals surface area (Å²) in [5.41, 5.74) is 0. The number of amides is 1. The number of carbonyl (C=O) groups is 1. The molecule has 0 aromatic heterocycles. The van der Waals surface area contributed by atoms with Gasteiger partial charge in [-0.25, -0.2) is 0 Å². The molecule has 0 aliphatic heterocycles. The summed E-state index contributed by atoms with van der Waals surface area (Å²) in [5.74, 6) is 0.835. The van der Waals surface area contributed by atoms with E-state index < -0.39 is 0 Å². The van der Waals surface area contributed by atoms with Crippen molar-refractivity contribution < 1.29 is 9.90 Å². The summed E-state index contributed by atoms with van der Waals surface area (Å²) in [6, 6.07) is 0. The fourth-order valence-electron chi connectivity index (χ4n) is 1.16. The Bertz CT molecular complexity index is 157. The van der Waals surface area contributed by atoms with Gasteiger partial charge in [-0.3, -0.25) is 4.79 Å². The maximum Gasteiger partial charge on any atom is 0.222 e. The van der Waals surface area contributed by atoms with Crippen molar-refractivity contribution in [2.45, 2.75) is 39.5 Å². The SMILES string of the molecule is CC(C)CCN(C)C(=O)CCCCO. The van der Waals surface area contributed by atoms with Gasteiger partial charge in [-0.15, -0.1) is 0 Å². The fraction of sp³-hybridized carbons (Fsp3) is 0.909. The molecule has 0 aromatic carbocycles. The number of unbranched alkanes of at least 4 members (excludes halogenated alkanes) is 1. The van der Waals surface area contributed by atoms with Crippen LogP contribution >= 0.6 is 0 Å². The van der Waals surface area contributed by atoms with Crippen LogP contribution in [-0.2, 0) is 4.79 Å². The third-order valence-electron chi connectivity index (χ3n) is 2.27. The molecule has 0 aliphatic rings. The zero-order valence-corrected chi connectivity index (χ0v) is 9.62. The van der Waals surface area contributed by atoms with E-state index in [0.29, 0.717) is 12.3 Å². The smallest absolute Gasteiger partial charge is 0.222 e. The van der Waals surface area contributed by atoms with Gasteiger partial charge in [0.05, 0.1) is 0 Å². The number of rotatable bonds is 7. The monoisotopic (exact) mass is 201 g/mol. The van der Waals surface area contributed by atoms with Gasteiger partial charge >= 0.3 is 0 Å². The summed E-state index contributed by atoms with van der Waals surface area (Å²) < 4.78 is 0. The summed E-state index contributed by atoms with van der Waals surface area (Å²) in [6.07, 6.45) is 3.14. The van der Waals surface area contributed by atoms with Crippen molar-refractivity contribution in [2.75, 3.05) is 20.2 Å². The highest BCUT2D eigenvalue weighted by Crippen LogP contribution is 2.03. The molecular weight excluding hydrogens is 178 g/mol. The van der Waals surface area contributed by atoms with E-state index in [1.54, 1.807) is 4.90 Å². The van der Waals surface area contributed by atoms with Gasteiger partial charge in [-0.1, -0.05) is 13.8 Å². The number of hydrogen-bond acceptors (Lipinski definition) is 2. The second kappa shape index (κ2) is 7.80. The van der Waals surface area contributed by atoms with Gasteiger partial charge in [0.2, 0.25) is 5.91 Å². The van der Waals surface area contributed by atoms with Gasteiger partial charge in [0.1, 0.15) is 0 Å². The molecule has 1 amide bonds. The number of carbonyl (C=O) groups excluding carboxylic acids is 1. The van der Waals surface area contributed by atoms with Crippen molar-refractivity contribution in [3.8, 4) is 0 Å². The molecule has 0 aliphatic carbocycles. The van der Waals surface area contributed by atoms with Crippen molar-refractivity contribution in [2.24, 2.45) is 5.92 Å². The zero-order chi connectivity index (χ0) is 11.0. The fourth-order valence-corrected chi connectivity index (χ4v) is 1.16. The first-order valence-electron chi connectivity index (χ1n) is 5.42. The standard InChI is InChI=1S/C11H23NO2/c1-10(2)7-8-12(3)11(14)6-4-5-9-13/h10,13H,4-9H2,1-3H3. The largest absolute Gasteiger partial charge is 0.396 e. The van der Waals surface area contributed by atoms with Crippen LogP contribution in [0.15, 0.2) is 0 Å². The van der Waals surface area contributed by atoms with Crippen LogP contribution in [0.3, 0.4) is 0 Å². The van der Waals surface area contributed by atoms with Crippen LogP contribution in [0.25, 0.3) is 0 Å². The summed E-state index contributed by atoms with van der Waals surface area (Å²) in [5, 5.41) is 8.57. The Kier molecular flexibility index (Phi) is 7.48. The van der Waals surface area contributed by atoms with E-state index in [9.17, 15) is 4.79 Å². The Labute approximate surface area is 87.1 Å². The van der Waals surface area contributed by atoms with E-state index in [0.717, 1.165) is 25.8 Å². The predicted molar refractivity (Wildman–Crippen MR) is 58.0 cm³/mol. The molecule has 0 fully saturated rings. The molecule has 0 saturated carbocycles. The first-order valence-corrected chi connectivity index (χ1v) is 5.42. The number of aliphatic hydroxyl groups is 1. The van der Waals surface area contributed by atoms with Crippen molar-refractivity contribution in [1.82, 2.24) is 4.90 Å². The molecule has 0 bridgehead atoms. The first-order chi connectivity index (χ1) is 6.57. The van der Waals surface area contributed by atoms with Crippen molar-refractivity contribution in [3.05, 3.63) is 0 Å². The van der Waals surface area contributed by atoms with E-state index in [4.69, 9.17) is 5.11 Å². The second-order valence-corrected chi connectivity index (χ2v) is 4.18. The molecular formula is C11H23NO2. The highest BCUT2D eigenvalue weighted by molar-refractivity contribution is 5.75. The second-order valence-electron chi connectivity index (χ2n) is 4.18. The van der Waals surface area contributed by atoms with Crippen molar-refractivity contribution in [3.63, 3.8) is 0 Å². The minimum atomic E-state index is 0.184. The van der Waals surface area contributed by atoms with Gasteiger partial charge in [0.25, 0.3) is 0 Å². The lowest BCUT2D eigenvalue weighted by Gasteiger charge is -2.18. The quantitative estimate of drug-likeness (QED) is 0.636. The Hall–Kier alpha value is -0.570. The Morgan fingerprint density at radius 1 is 1.36 bits per heavy atom. The molecule has 0 aromatic rings. The molecule has 0 heterocycles. The lowest BCUT2D eigenvalue weighted by molar-refractivity contribution is -0.130. The lowest BCUT2D eigenvalue weighted by atomic mass is 10.1. The molecule has 14 heavy (non-hydrogen) atoms. The molecule has 1 N–H and O–H groups in total. The average molecular weight is 201 g/mol. The molecule has 3 nitrogen and oxygen atoms in total. The highest BCUT2D eigenvalue weighted by Gasteiger charge is 2.08. The first kappa shape index (κ1) is 13.4. The van der Waals surface area contributed by atoms with Crippen molar-refractivity contribution >= 4 is 5.91 Å². The van der Waals surface area contributed by atoms with E-state index in [-0.39, 0.29) is 12.5 Å². The van der Waals surface area contributed by atoms with Gasteiger partial charge in [0, 0.05) is 26.6 Å². The molecule has 0 rings (SSSR count). The minimum absolute atomic E-state index is 0.184. The van der Waals surface area contributed by atoms with Crippen LogP contribution in [-0.4, -0.2) is 36.1 Å². The normalized spacial score (nSPS) is 10.6. The molecule has 0 spiro atoms. The van der Waals surface area contributed by atoms with E-state index in [1.165, 1.54) is 0 Å². The summed E-state index contributed by atoms with van der Waals surface area (Å²) >= 11 is 0. The van der Waals surface area contributed by atoms with E-state index in [2.05, 4.69) is 13.8 Å². The third kappa shape index (κ3) is 6.89. The average Bonchev–Trinajstić information content (AvgIpc) is 2.14. The van der Waals surface area contributed by atoms with Gasteiger partial charge in [-0.05, 0) is 25.2 Å². The lowest BCUT2D eigenvalue weighted by Crippen LogP contribution is -2.28. The minimum Gasteiger partial charge on any atom is -0.396 e. The van der Waals surface area contributed by atoms with Gasteiger partial charge in [0.15, 0.2) is 0 Å². The molecule has 3 heteroatoms. The Morgan fingerprint density at radius 2 is 2.00 bits per heavy atom. The highest BCUT2D eigenvalue weighted by atomic mass is 16.2. The predicted octanol–water partition coefficient (Wildman–Crippen LogP) is 1.65. The van der Waals surface area contributed by atoms with Crippen molar-refractivity contribution in [1.29, 1.82) is 0 Å².